The zero-order chi connectivity index (χ0) is 31.6. The van der Waals surface area contributed by atoms with Crippen LogP contribution in [0.3, 0.4) is 0 Å². The number of amides is 1. The normalized spacial score (nSPS) is 13.2. The number of carbonyl (C=O) groups excluding carboxylic acids is 2. The minimum atomic E-state index is -1.07. The van der Waals surface area contributed by atoms with Crippen LogP contribution in [-0.2, 0) is 24.4 Å². The van der Waals surface area contributed by atoms with Crippen molar-refractivity contribution in [3.63, 3.8) is 0 Å². The van der Waals surface area contributed by atoms with Gasteiger partial charge in [0.1, 0.15) is 18.1 Å². The number of carbonyl (C=O) groups is 2. The van der Waals surface area contributed by atoms with Crippen LogP contribution >= 0.6 is 0 Å². The summed E-state index contributed by atoms with van der Waals surface area (Å²) >= 11 is 0. The molecule has 0 saturated carbocycles. The van der Waals surface area contributed by atoms with Crippen molar-refractivity contribution in [2.75, 3.05) is 12.3 Å². The first-order valence-electron chi connectivity index (χ1n) is 14.8. The van der Waals surface area contributed by atoms with Crippen molar-refractivity contribution in [1.82, 2.24) is 10.2 Å². The van der Waals surface area contributed by atoms with E-state index in [1.54, 1.807) is 31.2 Å². The van der Waals surface area contributed by atoms with Gasteiger partial charge in [-0.25, -0.2) is 0 Å². The van der Waals surface area contributed by atoms with Crippen molar-refractivity contribution in [3.8, 4) is 11.5 Å². The maximum atomic E-state index is 13.7. The highest BCUT2D eigenvalue weighted by Gasteiger charge is 2.29. The van der Waals surface area contributed by atoms with Gasteiger partial charge in [-0.2, -0.15) is 0 Å². The molecule has 230 valence electrons. The van der Waals surface area contributed by atoms with Crippen LogP contribution < -0.4 is 15.8 Å². The SMILES string of the molecule is CC(=O)N[C@@H](C)C(=O)c1c(C(O)CN(Cc2ccccc2)C(C)Cc2ccc(O)cc2)ccc(OCc2ccccc2)c1N. The molecule has 0 aromatic heterocycles. The molecular weight excluding hydrogens is 554 g/mol. The standard InChI is InChI=1S/C36H41N3O5/c1-24(20-27-14-16-30(41)17-15-27)39(21-28-10-6-4-7-11-28)22-32(42)31-18-19-33(44-23-29-12-8-5-9-13-29)35(37)34(31)36(43)25(2)38-26(3)40/h4-19,24-25,32,41-42H,20-23,37H2,1-3H3,(H,38,40)/t24?,25-,32?/m0/s1. The lowest BCUT2D eigenvalue weighted by Crippen LogP contribution is -2.39. The van der Waals surface area contributed by atoms with Crippen LogP contribution in [0.15, 0.2) is 97.1 Å². The fraction of sp³-hybridized carbons (Fsp3) is 0.278. The largest absolute Gasteiger partial charge is 0.508 e. The summed E-state index contributed by atoms with van der Waals surface area (Å²) in [6, 6.07) is 29.2. The minimum Gasteiger partial charge on any atom is -0.508 e. The molecule has 0 heterocycles. The number of nitrogens with zero attached hydrogens (tertiary/aromatic N) is 1. The van der Waals surface area contributed by atoms with Crippen molar-refractivity contribution in [1.29, 1.82) is 0 Å². The van der Waals surface area contributed by atoms with E-state index in [9.17, 15) is 19.8 Å². The monoisotopic (exact) mass is 595 g/mol. The number of hydrogen-bond acceptors (Lipinski definition) is 7. The molecule has 1 amide bonds. The van der Waals surface area contributed by atoms with E-state index in [1.165, 1.54) is 6.92 Å². The quantitative estimate of drug-likeness (QED) is 0.113. The Hall–Kier alpha value is -4.66. The van der Waals surface area contributed by atoms with Crippen molar-refractivity contribution in [2.24, 2.45) is 0 Å². The second-order valence-corrected chi connectivity index (χ2v) is 11.2. The predicted molar refractivity (Wildman–Crippen MR) is 172 cm³/mol. The molecule has 0 bridgehead atoms. The highest BCUT2D eigenvalue weighted by atomic mass is 16.5. The summed E-state index contributed by atoms with van der Waals surface area (Å²) in [6.45, 7) is 6.06. The molecule has 0 aliphatic rings. The highest BCUT2D eigenvalue weighted by Crippen LogP contribution is 2.34. The summed E-state index contributed by atoms with van der Waals surface area (Å²) in [7, 11) is 0. The third-order valence-corrected chi connectivity index (χ3v) is 7.62. The molecule has 2 unspecified atom stereocenters. The van der Waals surface area contributed by atoms with Gasteiger partial charge in [0.05, 0.1) is 23.4 Å². The third-order valence-electron chi connectivity index (χ3n) is 7.62. The van der Waals surface area contributed by atoms with E-state index in [1.807, 2.05) is 72.8 Å². The summed E-state index contributed by atoms with van der Waals surface area (Å²) in [5.41, 5.74) is 10.3. The summed E-state index contributed by atoms with van der Waals surface area (Å²) in [5.74, 6) is -0.230. The van der Waals surface area contributed by atoms with E-state index >= 15 is 0 Å². The number of Topliss-reactive ketones (excluding diaryl/α,β-unsaturated/α-hetero) is 1. The summed E-state index contributed by atoms with van der Waals surface area (Å²) < 4.78 is 6.01. The van der Waals surface area contributed by atoms with E-state index in [0.29, 0.717) is 24.3 Å². The van der Waals surface area contributed by atoms with E-state index < -0.39 is 17.9 Å². The number of aromatic hydroxyl groups is 1. The average Bonchev–Trinajstić information content (AvgIpc) is 3.01. The minimum absolute atomic E-state index is 0.00215. The first-order valence-corrected chi connectivity index (χ1v) is 14.8. The molecule has 0 fully saturated rings. The lowest BCUT2D eigenvalue weighted by atomic mass is 9.93. The van der Waals surface area contributed by atoms with E-state index in [2.05, 4.69) is 17.1 Å². The molecule has 8 nitrogen and oxygen atoms in total. The van der Waals surface area contributed by atoms with Crippen LogP contribution in [-0.4, -0.2) is 45.4 Å². The molecule has 5 N–H and O–H groups in total. The topological polar surface area (TPSA) is 125 Å². The number of nitrogens with two attached hydrogens (primary N) is 1. The van der Waals surface area contributed by atoms with Gasteiger partial charge in [0.25, 0.3) is 0 Å². The van der Waals surface area contributed by atoms with Crippen molar-refractivity contribution in [3.05, 3.63) is 125 Å². The number of benzene rings is 4. The number of ether oxygens (including phenoxy) is 1. The smallest absolute Gasteiger partial charge is 0.217 e. The molecule has 4 aromatic rings. The van der Waals surface area contributed by atoms with Crippen LogP contribution in [0.4, 0.5) is 5.69 Å². The van der Waals surface area contributed by atoms with Gasteiger partial charge in [-0.05, 0) is 60.7 Å². The van der Waals surface area contributed by atoms with Crippen molar-refractivity contribution < 1.29 is 24.5 Å². The number of nitrogen functional groups attached to an aromatic ring is 1. The van der Waals surface area contributed by atoms with E-state index in [0.717, 1.165) is 16.7 Å². The lowest BCUT2D eigenvalue weighted by Gasteiger charge is -2.32. The summed E-state index contributed by atoms with van der Waals surface area (Å²) in [6.07, 6.45) is -0.394. The molecule has 4 aromatic carbocycles. The van der Waals surface area contributed by atoms with Crippen LogP contribution in [0.1, 0.15) is 59.5 Å². The number of phenolic OH excluding ortho intramolecular Hbond substituents is 1. The Morgan fingerprint density at radius 2 is 1.48 bits per heavy atom. The zero-order valence-electron chi connectivity index (χ0n) is 25.4. The van der Waals surface area contributed by atoms with Crippen molar-refractivity contribution in [2.45, 2.75) is 58.5 Å². The summed E-state index contributed by atoms with van der Waals surface area (Å²) in [4.78, 5) is 27.7. The second-order valence-electron chi connectivity index (χ2n) is 11.2. The summed E-state index contributed by atoms with van der Waals surface area (Å²) in [5, 5.41) is 24.1. The van der Waals surface area contributed by atoms with Gasteiger partial charge in [-0.3, -0.25) is 14.5 Å². The number of ketones is 1. The first kappa shape index (κ1) is 32.3. The van der Waals surface area contributed by atoms with Crippen molar-refractivity contribution >= 4 is 17.4 Å². The molecule has 0 spiro atoms. The number of anilines is 1. The molecule has 0 aliphatic heterocycles. The maximum absolute atomic E-state index is 13.7. The number of aliphatic hydroxyl groups is 1. The number of phenols is 1. The van der Waals surface area contributed by atoms with Crippen LogP contribution in [0.25, 0.3) is 0 Å². The van der Waals surface area contributed by atoms with E-state index in [-0.39, 0.29) is 42.1 Å². The lowest BCUT2D eigenvalue weighted by molar-refractivity contribution is -0.119. The third kappa shape index (κ3) is 8.69. The fourth-order valence-corrected chi connectivity index (χ4v) is 5.26. The second kappa shape index (κ2) is 15.2. The predicted octanol–water partition coefficient (Wildman–Crippen LogP) is 5.43. The number of aliphatic hydroxyl groups excluding tert-OH is 1. The Balaban J connectivity index is 1.65. The molecule has 4 rings (SSSR count). The van der Waals surface area contributed by atoms with Gasteiger partial charge in [0, 0.05) is 26.1 Å². The van der Waals surface area contributed by atoms with Gasteiger partial charge >= 0.3 is 0 Å². The highest BCUT2D eigenvalue weighted by molar-refractivity contribution is 6.07. The average molecular weight is 596 g/mol. The Kier molecular flexibility index (Phi) is 11.1. The Bertz CT molecular complexity index is 1530. The molecule has 0 aliphatic carbocycles. The Morgan fingerprint density at radius 3 is 2.09 bits per heavy atom. The molecule has 3 atom stereocenters. The van der Waals surface area contributed by atoms with Crippen LogP contribution in [0, 0.1) is 0 Å². The Labute approximate surface area is 259 Å². The fourth-order valence-electron chi connectivity index (χ4n) is 5.26. The number of rotatable bonds is 14. The maximum Gasteiger partial charge on any atom is 0.217 e. The van der Waals surface area contributed by atoms with E-state index in [4.69, 9.17) is 10.5 Å². The van der Waals surface area contributed by atoms with Crippen LogP contribution in [0.5, 0.6) is 11.5 Å². The number of nitrogens with one attached hydrogen (secondary N) is 1. The molecular formula is C36H41N3O5. The van der Waals surface area contributed by atoms with Gasteiger partial charge in [0.15, 0.2) is 5.78 Å². The van der Waals surface area contributed by atoms with Crippen LogP contribution in [0.2, 0.25) is 0 Å². The Morgan fingerprint density at radius 1 is 0.864 bits per heavy atom. The number of hydrogen-bond donors (Lipinski definition) is 4. The van der Waals surface area contributed by atoms with Gasteiger partial charge in [-0.1, -0.05) is 78.9 Å². The van der Waals surface area contributed by atoms with Gasteiger partial charge in [0.2, 0.25) is 5.91 Å². The molecule has 44 heavy (non-hydrogen) atoms. The zero-order valence-corrected chi connectivity index (χ0v) is 25.4. The molecule has 0 radical (unpaired) electrons. The molecule has 8 heteroatoms. The first-order chi connectivity index (χ1) is 21.1. The molecule has 0 saturated heterocycles. The van der Waals surface area contributed by atoms with Gasteiger partial charge in [-0.15, -0.1) is 0 Å². The van der Waals surface area contributed by atoms with Gasteiger partial charge < -0.3 is 26.0 Å².